The van der Waals surface area contributed by atoms with E-state index in [4.69, 9.17) is 9.83 Å². The summed E-state index contributed by atoms with van der Waals surface area (Å²) in [5, 5.41) is 6.96. The van der Waals surface area contributed by atoms with Crippen LogP contribution in [0.5, 0.6) is 0 Å². The number of nitrogens with zero attached hydrogens (tertiary/aromatic N) is 2. The quantitative estimate of drug-likeness (QED) is 0.941. The molecule has 1 amide bonds. The molecule has 1 N–H and O–H groups in total. The van der Waals surface area contributed by atoms with E-state index in [1.165, 1.54) is 0 Å². The number of hydroxylamine groups is 2. The van der Waals surface area contributed by atoms with Gasteiger partial charge in [-0.15, -0.1) is 0 Å². The Hall–Kier alpha value is -2.40. The van der Waals surface area contributed by atoms with Gasteiger partial charge in [-0.05, 0) is 30.5 Å². The molecule has 5 nitrogen and oxygen atoms in total. The second kappa shape index (κ2) is 5.60. The number of carbonyl (C=O) groups excluding carboxylic acids is 1. The highest BCUT2D eigenvalue weighted by molar-refractivity contribution is 6.09. The van der Waals surface area contributed by atoms with E-state index in [2.05, 4.69) is 23.5 Å². The fraction of sp³-hybridized carbons (Fsp3) is 0.368. The summed E-state index contributed by atoms with van der Waals surface area (Å²) in [5.41, 5.74) is 0.155. The molecule has 124 valence electrons. The Bertz CT molecular complexity index is 823. The molecule has 0 saturated heterocycles. The first-order valence-corrected chi connectivity index (χ1v) is 8.34. The zero-order chi connectivity index (χ0) is 16.7. The Balaban J connectivity index is 1.65. The molecular formula is C19H21N3O2. The highest BCUT2D eigenvalue weighted by Gasteiger charge is 2.39. The van der Waals surface area contributed by atoms with E-state index < -0.39 is 5.72 Å². The summed E-state index contributed by atoms with van der Waals surface area (Å²) in [4.78, 5) is 22.8. The molecule has 5 heteroatoms. The van der Waals surface area contributed by atoms with Gasteiger partial charge in [0, 0.05) is 18.7 Å². The molecule has 0 radical (unpaired) electrons. The van der Waals surface area contributed by atoms with Crippen molar-refractivity contribution < 1.29 is 9.63 Å². The van der Waals surface area contributed by atoms with E-state index in [1.54, 1.807) is 5.06 Å². The minimum absolute atomic E-state index is 0.00341. The molecule has 1 saturated carbocycles. The molecule has 1 atom stereocenters. The molecule has 2 aromatic carbocycles. The van der Waals surface area contributed by atoms with Crippen LogP contribution < -0.4 is 5.32 Å². The number of amides is 1. The lowest BCUT2D eigenvalue weighted by Gasteiger charge is -2.21. The molecule has 1 unspecified atom stereocenters. The topological polar surface area (TPSA) is 53.9 Å². The Morgan fingerprint density at radius 2 is 2.04 bits per heavy atom. The number of fused-ring (bicyclic) bond motifs is 1. The zero-order valence-electron chi connectivity index (χ0n) is 14.0. The number of aliphatic imine (C=N–C) groups is 1. The predicted octanol–water partition coefficient (Wildman–Crippen LogP) is 2.85. The second-order valence-corrected chi connectivity index (χ2v) is 6.74. The summed E-state index contributed by atoms with van der Waals surface area (Å²) >= 11 is 0. The van der Waals surface area contributed by atoms with Crippen LogP contribution in [0.15, 0.2) is 47.5 Å². The van der Waals surface area contributed by atoms with Gasteiger partial charge in [0.1, 0.15) is 0 Å². The van der Waals surface area contributed by atoms with Crippen molar-refractivity contribution in [1.29, 1.82) is 0 Å². The smallest absolute Gasteiger partial charge is 0.225 e. The van der Waals surface area contributed by atoms with Crippen LogP contribution in [0.1, 0.15) is 31.7 Å². The SMILES string of the molecule is CN1OC(C)(CC(=O)NC2CC2)N=C1c1cccc2ccccc12. The van der Waals surface area contributed by atoms with Crippen molar-refractivity contribution in [2.24, 2.45) is 4.99 Å². The molecule has 1 aliphatic heterocycles. The van der Waals surface area contributed by atoms with Crippen molar-refractivity contribution in [3.8, 4) is 0 Å². The number of rotatable bonds is 4. The fourth-order valence-corrected chi connectivity index (χ4v) is 3.18. The maximum Gasteiger partial charge on any atom is 0.225 e. The number of benzene rings is 2. The molecule has 4 rings (SSSR count). The van der Waals surface area contributed by atoms with Crippen molar-refractivity contribution in [1.82, 2.24) is 10.4 Å². The third-order valence-electron chi connectivity index (χ3n) is 4.44. The molecule has 2 aliphatic rings. The summed E-state index contributed by atoms with van der Waals surface area (Å²) < 4.78 is 0. The molecule has 0 bridgehead atoms. The monoisotopic (exact) mass is 323 g/mol. The lowest BCUT2D eigenvalue weighted by Crippen LogP contribution is -2.36. The van der Waals surface area contributed by atoms with Gasteiger partial charge in [-0.25, -0.2) is 14.9 Å². The van der Waals surface area contributed by atoms with Gasteiger partial charge >= 0.3 is 0 Å². The molecule has 1 heterocycles. The van der Waals surface area contributed by atoms with Crippen LogP contribution in [0.25, 0.3) is 10.8 Å². The van der Waals surface area contributed by atoms with Gasteiger partial charge in [-0.1, -0.05) is 42.5 Å². The molecule has 0 spiro atoms. The Morgan fingerprint density at radius 3 is 2.83 bits per heavy atom. The van der Waals surface area contributed by atoms with Crippen molar-refractivity contribution in [3.05, 3.63) is 48.0 Å². The van der Waals surface area contributed by atoms with Crippen LogP contribution in [0.3, 0.4) is 0 Å². The number of nitrogens with one attached hydrogen (secondary N) is 1. The van der Waals surface area contributed by atoms with Gasteiger partial charge in [-0.3, -0.25) is 4.79 Å². The number of hydrogen-bond donors (Lipinski definition) is 1. The Kier molecular flexibility index (Phi) is 3.53. The summed E-state index contributed by atoms with van der Waals surface area (Å²) in [6.07, 6.45) is 2.38. The molecule has 0 aromatic heterocycles. The van der Waals surface area contributed by atoms with E-state index in [0.29, 0.717) is 6.04 Å². The zero-order valence-corrected chi connectivity index (χ0v) is 14.0. The first-order valence-electron chi connectivity index (χ1n) is 8.34. The van der Waals surface area contributed by atoms with E-state index in [0.717, 1.165) is 35.0 Å². The van der Waals surface area contributed by atoms with Crippen molar-refractivity contribution in [2.45, 2.75) is 38.0 Å². The van der Waals surface area contributed by atoms with Gasteiger partial charge < -0.3 is 5.32 Å². The molecular weight excluding hydrogens is 302 g/mol. The van der Waals surface area contributed by atoms with Crippen LogP contribution in [0.4, 0.5) is 0 Å². The minimum atomic E-state index is -0.861. The molecule has 1 aliphatic carbocycles. The van der Waals surface area contributed by atoms with Crippen LogP contribution in [0.2, 0.25) is 0 Å². The second-order valence-electron chi connectivity index (χ2n) is 6.74. The number of carbonyl (C=O) groups is 1. The van der Waals surface area contributed by atoms with Crippen molar-refractivity contribution >= 4 is 22.5 Å². The molecule has 1 fully saturated rings. The first kappa shape index (κ1) is 15.1. The number of amidine groups is 1. The largest absolute Gasteiger partial charge is 0.353 e. The van der Waals surface area contributed by atoms with E-state index in [1.807, 2.05) is 38.2 Å². The normalized spacial score (nSPS) is 23.4. The van der Waals surface area contributed by atoms with E-state index in [-0.39, 0.29) is 12.3 Å². The predicted molar refractivity (Wildman–Crippen MR) is 93.5 cm³/mol. The van der Waals surface area contributed by atoms with Crippen molar-refractivity contribution in [3.63, 3.8) is 0 Å². The first-order chi connectivity index (χ1) is 11.5. The standard InChI is InChI=1S/C19H21N3O2/c1-19(12-17(23)20-14-10-11-14)21-18(22(2)24-19)16-9-5-7-13-6-3-4-8-15(13)16/h3-9,14H,10-12H2,1-2H3,(H,20,23). The molecule has 24 heavy (non-hydrogen) atoms. The Morgan fingerprint density at radius 1 is 1.29 bits per heavy atom. The average Bonchev–Trinajstić information content (AvgIpc) is 3.30. The average molecular weight is 323 g/mol. The van der Waals surface area contributed by atoms with Crippen LogP contribution in [-0.2, 0) is 9.63 Å². The fourth-order valence-electron chi connectivity index (χ4n) is 3.18. The summed E-state index contributed by atoms with van der Waals surface area (Å²) in [5.74, 6) is 0.754. The van der Waals surface area contributed by atoms with Crippen LogP contribution >= 0.6 is 0 Å². The summed E-state index contributed by atoms with van der Waals surface area (Å²) in [6.45, 7) is 1.86. The van der Waals surface area contributed by atoms with Crippen LogP contribution in [-0.4, -0.2) is 35.6 Å². The summed E-state index contributed by atoms with van der Waals surface area (Å²) in [6, 6.07) is 14.7. The van der Waals surface area contributed by atoms with Gasteiger partial charge in [0.05, 0.1) is 6.42 Å². The molecule has 2 aromatic rings. The number of hydrogen-bond acceptors (Lipinski definition) is 4. The Labute approximate surface area is 141 Å². The van der Waals surface area contributed by atoms with Crippen molar-refractivity contribution in [2.75, 3.05) is 7.05 Å². The third kappa shape index (κ3) is 2.87. The van der Waals surface area contributed by atoms with E-state index in [9.17, 15) is 4.79 Å². The highest BCUT2D eigenvalue weighted by atomic mass is 16.7. The third-order valence-corrected chi connectivity index (χ3v) is 4.44. The maximum absolute atomic E-state index is 12.1. The summed E-state index contributed by atoms with van der Waals surface area (Å²) in [7, 11) is 1.84. The van der Waals surface area contributed by atoms with Gasteiger partial charge in [0.25, 0.3) is 0 Å². The highest BCUT2D eigenvalue weighted by Crippen LogP contribution is 2.31. The van der Waals surface area contributed by atoms with Gasteiger partial charge in [0.2, 0.25) is 5.91 Å². The lowest BCUT2D eigenvalue weighted by molar-refractivity contribution is -0.166. The van der Waals surface area contributed by atoms with Gasteiger partial charge in [0.15, 0.2) is 11.6 Å². The van der Waals surface area contributed by atoms with Gasteiger partial charge in [-0.2, -0.15) is 0 Å². The van der Waals surface area contributed by atoms with Crippen LogP contribution in [0, 0.1) is 0 Å². The minimum Gasteiger partial charge on any atom is -0.353 e. The van der Waals surface area contributed by atoms with E-state index >= 15 is 0 Å². The lowest BCUT2D eigenvalue weighted by atomic mass is 10.0. The maximum atomic E-state index is 12.1.